The fourth-order valence-corrected chi connectivity index (χ4v) is 3.08. The van der Waals surface area contributed by atoms with E-state index in [9.17, 15) is 9.59 Å². The van der Waals surface area contributed by atoms with Crippen molar-refractivity contribution in [2.24, 2.45) is 0 Å². The number of carbonyl (C=O) groups is 1. The van der Waals surface area contributed by atoms with Crippen molar-refractivity contribution in [3.05, 3.63) is 76.1 Å². The van der Waals surface area contributed by atoms with Crippen LogP contribution in [0.15, 0.2) is 63.8 Å². The lowest BCUT2D eigenvalue weighted by molar-refractivity contribution is -0.123. The molecule has 0 aliphatic heterocycles. The highest BCUT2D eigenvalue weighted by atomic mass is 16.5. The first-order valence-electron chi connectivity index (χ1n) is 9.08. The van der Waals surface area contributed by atoms with Crippen LogP contribution < -0.4 is 15.7 Å². The maximum absolute atomic E-state index is 12.3. The molecule has 0 fully saturated rings. The number of aryl methyl sites for hydroxylation is 1. The van der Waals surface area contributed by atoms with Gasteiger partial charge in [0.25, 0.3) is 5.91 Å². The van der Waals surface area contributed by atoms with E-state index in [-0.39, 0.29) is 18.6 Å². The number of carbonyl (C=O) groups excluding carboxylic acids is 1. The van der Waals surface area contributed by atoms with Crippen molar-refractivity contribution in [3.63, 3.8) is 0 Å². The predicted molar refractivity (Wildman–Crippen MR) is 105 cm³/mol. The SMILES string of the molecule is CCC[C@@H](NC(=O)COc1ccc2c(C)cc(=O)oc2c1)c1ccccc1. The second-order valence-electron chi connectivity index (χ2n) is 6.51. The zero-order valence-electron chi connectivity index (χ0n) is 15.5. The van der Waals surface area contributed by atoms with Gasteiger partial charge in [-0.1, -0.05) is 43.7 Å². The molecule has 3 aromatic rings. The van der Waals surface area contributed by atoms with E-state index in [0.717, 1.165) is 29.4 Å². The Kier molecular flexibility index (Phi) is 5.91. The summed E-state index contributed by atoms with van der Waals surface area (Å²) in [5.41, 5.74) is 1.97. The summed E-state index contributed by atoms with van der Waals surface area (Å²) in [6.07, 6.45) is 1.82. The molecule has 1 atom stereocenters. The number of benzene rings is 2. The van der Waals surface area contributed by atoms with Gasteiger partial charge in [0.1, 0.15) is 11.3 Å². The third-order valence-electron chi connectivity index (χ3n) is 4.41. The van der Waals surface area contributed by atoms with E-state index >= 15 is 0 Å². The average molecular weight is 365 g/mol. The summed E-state index contributed by atoms with van der Waals surface area (Å²) in [4.78, 5) is 23.9. The highest BCUT2D eigenvalue weighted by molar-refractivity contribution is 5.81. The van der Waals surface area contributed by atoms with Gasteiger partial charge in [-0.2, -0.15) is 0 Å². The van der Waals surface area contributed by atoms with Crippen LogP contribution in [0.5, 0.6) is 5.75 Å². The first-order chi connectivity index (χ1) is 13.1. The number of rotatable bonds is 7. The van der Waals surface area contributed by atoms with E-state index < -0.39 is 5.63 Å². The number of hydrogen-bond donors (Lipinski definition) is 1. The van der Waals surface area contributed by atoms with Crippen molar-refractivity contribution in [1.82, 2.24) is 5.32 Å². The van der Waals surface area contributed by atoms with Crippen LogP contribution in [0.4, 0.5) is 0 Å². The molecule has 5 heteroatoms. The van der Waals surface area contributed by atoms with Gasteiger partial charge in [-0.3, -0.25) is 4.79 Å². The average Bonchev–Trinajstić information content (AvgIpc) is 2.66. The standard InChI is InChI=1S/C22H23NO4/c1-3-7-19(16-8-5-4-6-9-16)23-21(24)14-26-17-10-11-18-15(2)12-22(25)27-20(18)13-17/h4-6,8-13,19H,3,7,14H2,1-2H3,(H,23,24)/t19-/m1/s1. The molecule has 27 heavy (non-hydrogen) atoms. The minimum absolute atomic E-state index is 0.0374. The second-order valence-corrected chi connectivity index (χ2v) is 6.51. The highest BCUT2D eigenvalue weighted by Crippen LogP contribution is 2.22. The number of hydrogen-bond acceptors (Lipinski definition) is 4. The fraction of sp³-hybridized carbons (Fsp3) is 0.273. The topological polar surface area (TPSA) is 68.5 Å². The zero-order valence-corrected chi connectivity index (χ0v) is 15.5. The molecule has 1 amide bonds. The summed E-state index contributed by atoms with van der Waals surface area (Å²) in [5, 5.41) is 3.87. The van der Waals surface area contributed by atoms with Crippen LogP contribution in [0.25, 0.3) is 11.0 Å². The maximum atomic E-state index is 12.3. The molecule has 1 heterocycles. The molecular formula is C22H23NO4. The summed E-state index contributed by atoms with van der Waals surface area (Å²) in [6, 6.07) is 16.5. The number of ether oxygens (including phenoxy) is 1. The minimum atomic E-state index is -0.403. The van der Waals surface area contributed by atoms with Crippen LogP contribution in [-0.2, 0) is 4.79 Å². The second kappa shape index (κ2) is 8.54. The molecule has 1 aromatic heterocycles. The van der Waals surface area contributed by atoms with Gasteiger partial charge in [0.15, 0.2) is 6.61 Å². The van der Waals surface area contributed by atoms with Crippen LogP contribution in [0.2, 0.25) is 0 Å². The van der Waals surface area contributed by atoms with E-state index in [4.69, 9.17) is 9.15 Å². The van der Waals surface area contributed by atoms with Gasteiger partial charge in [0.2, 0.25) is 0 Å². The molecule has 0 unspecified atom stereocenters. The van der Waals surface area contributed by atoms with Gasteiger partial charge >= 0.3 is 5.63 Å². The molecule has 1 N–H and O–H groups in total. The lowest BCUT2D eigenvalue weighted by Gasteiger charge is -2.18. The molecule has 0 aliphatic carbocycles. The summed E-state index contributed by atoms with van der Waals surface area (Å²) in [5.74, 6) is 0.293. The van der Waals surface area contributed by atoms with Gasteiger partial charge in [0, 0.05) is 17.5 Å². The van der Waals surface area contributed by atoms with E-state index in [1.165, 1.54) is 6.07 Å². The molecule has 0 spiro atoms. The highest BCUT2D eigenvalue weighted by Gasteiger charge is 2.14. The Morgan fingerprint density at radius 2 is 1.93 bits per heavy atom. The number of amides is 1. The molecular weight excluding hydrogens is 342 g/mol. The molecule has 5 nitrogen and oxygen atoms in total. The van der Waals surface area contributed by atoms with Crippen molar-refractivity contribution < 1.29 is 13.9 Å². The number of fused-ring (bicyclic) bond motifs is 1. The quantitative estimate of drug-likeness (QED) is 0.639. The maximum Gasteiger partial charge on any atom is 0.336 e. The first-order valence-corrected chi connectivity index (χ1v) is 9.08. The summed E-state index contributed by atoms with van der Waals surface area (Å²) < 4.78 is 10.8. The summed E-state index contributed by atoms with van der Waals surface area (Å²) in [6.45, 7) is 3.84. The molecule has 3 rings (SSSR count). The molecule has 0 aliphatic rings. The normalized spacial score (nSPS) is 11.9. The molecule has 2 aromatic carbocycles. The Morgan fingerprint density at radius 1 is 1.15 bits per heavy atom. The number of nitrogens with one attached hydrogen (secondary N) is 1. The molecule has 0 bridgehead atoms. The van der Waals surface area contributed by atoms with Gasteiger partial charge < -0.3 is 14.5 Å². The monoisotopic (exact) mass is 365 g/mol. The largest absolute Gasteiger partial charge is 0.484 e. The third-order valence-corrected chi connectivity index (χ3v) is 4.41. The summed E-state index contributed by atoms with van der Waals surface area (Å²) in [7, 11) is 0. The lowest BCUT2D eigenvalue weighted by atomic mass is 10.0. The van der Waals surface area contributed by atoms with Gasteiger partial charge in [-0.15, -0.1) is 0 Å². The Balaban J connectivity index is 1.66. The molecule has 0 radical (unpaired) electrons. The third kappa shape index (κ3) is 4.76. The van der Waals surface area contributed by atoms with Crippen LogP contribution in [0.3, 0.4) is 0 Å². The summed E-state index contributed by atoms with van der Waals surface area (Å²) >= 11 is 0. The molecule has 0 saturated heterocycles. The van der Waals surface area contributed by atoms with Crippen molar-refractivity contribution >= 4 is 16.9 Å². The van der Waals surface area contributed by atoms with Gasteiger partial charge in [-0.25, -0.2) is 4.79 Å². The van der Waals surface area contributed by atoms with E-state index in [0.29, 0.717) is 11.3 Å². The van der Waals surface area contributed by atoms with Crippen molar-refractivity contribution in [2.45, 2.75) is 32.7 Å². The molecule has 0 saturated carbocycles. The van der Waals surface area contributed by atoms with E-state index in [1.54, 1.807) is 12.1 Å². The Hall–Kier alpha value is -3.08. The Bertz CT molecular complexity index is 979. The van der Waals surface area contributed by atoms with Crippen molar-refractivity contribution in [3.8, 4) is 5.75 Å². The zero-order chi connectivity index (χ0) is 19.2. The van der Waals surface area contributed by atoms with E-state index in [1.807, 2.05) is 43.3 Å². The fourth-order valence-electron chi connectivity index (χ4n) is 3.08. The molecule has 140 valence electrons. The predicted octanol–water partition coefficient (Wildman–Crippen LogP) is 4.14. The van der Waals surface area contributed by atoms with Gasteiger partial charge in [0.05, 0.1) is 6.04 Å². The van der Waals surface area contributed by atoms with Crippen LogP contribution >= 0.6 is 0 Å². The Labute approximate surface area is 158 Å². The smallest absolute Gasteiger partial charge is 0.336 e. The lowest BCUT2D eigenvalue weighted by Crippen LogP contribution is -2.32. The van der Waals surface area contributed by atoms with Crippen LogP contribution in [0, 0.1) is 6.92 Å². The van der Waals surface area contributed by atoms with E-state index in [2.05, 4.69) is 12.2 Å². The Morgan fingerprint density at radius 3 is 2.67 bits per heavy atom. The first kappa shape index (κ1) is 18.7. The van der Waals surface area contributed by atoms with Crippen molar-refractivity contribution in [2.75, 3.05) is 6.61 Å². The van der Waals surface area contributed by atoms with Crippen LogP contribution in [-0.4, -0.2) is 12.5 Å². The minimum Gasteiger partial charge on any atom is -0.484 e. The van der Waals surface area contributed by atoms with Crippen molar-refractivity contribution in [1.29, 1.82) is 0 Å². The van der Waals surface area contributed by atoms with Crippen LogP contribution in [0.1, 0.15) is 36.9 Å². The van der Waals surface area contributed by atoms with Gasteiger partial charge in [-0.05, 0) is 36.6 Å².